The number of hydrogen-bond donors (Lipinski definition) is 0. The van der Waals surface area contributed by atoms with Crippen LogP contribution in [-0.4, -0.2) is 64.0 Å². The molecule has 9 nitrogen and oxygen atoms in total. The Labute approximate surface area is 162 Å². The summed E-state index contributed by atoms with van der Waals surface area (Å²) in [7, 11) is 1.62. The lowest BCUT2D eigenvalue weighted by molar-refractivity contribution is 0.101. The van der Waals surface area contributed by atoms with E-state index in [0.29, 0.717) is 24.6 Å². The van der Waals surface area contributed by atoms with Crippen LogP contribution in [0.3, 0.4) is 0 Å². The molecule has 0 amide bonds. The van der Waals surface area contributed by atoms with Gasteiger partial charge in [0, 0.05) is 45.5 Å². The lowest BCUT2D eigenvalue weighted by atomic mass is 10.2. The van der Waals surface area contributed by atoms with Crippen LogP contribution in [-0.2, 0) is 0 Å². The van der Waals surface area contributed by atoms with E-state index in [2.05, 4.69) is 30.1 Å². The van der Waals surface area contributed by atoms with Crippen LogP contribution >= 0.6 is 0 Å². The van der Waals surface area contributed by atoms with Crippen LogP contribution in [0.15, 0.2) is 42.7 Å². The quantitative estimate of drug-likeness (QED) is 0.618. The SMILES string of the molecule is COc1ccc(-n2nnc(C(C)=O)c2N2CCN(c3ncccn3)CC2)cc1. The van der Waals surface area contributed by atoms with E-state index in [1.165, 1.54) is 6.92 Å². The minimum absolute atomic E-state index is 0.108. The molecule has 0 spiro atoms. The topological polar surface area (TPSA) is 89.3 Å². The van der Waals surface area contributed by atoms with Gasteiger partial charge < -0.3 is 14.5 Å². The fourth-order valence-electron chi connectivity index (χ4n) is 3.26. The molecular weight excluding hydrogens is 358 g/mol. The summed E-state index contributed by atoms with van der Waals surface area (Å²) in [5.41, 5.74) is 1.20. The van der Waals surface area contributed by atoms with Crippen molar-refractivity contribution in [3.05, 3.63) is 48.4 Å². The molecule has 1 aromatic carbocycles. The van der Waals surface area contributed by atoms with Crippen molar-refractivity contribution < 1.29 is 9.53 Å². The van der Waals surface area contributed by atoms with Gasteiger partial charge in [-0.15, -0.1) is 5.10 Å². The standard InChI is InChI=1S/C19H21N7O2/c1-14(27)17-18(26(23-22-17)15-4-6-16(28-2)7-5-15)24-10-12-25(13-11-24)19-20-8-3-9-21-19/h3-9H,10-13H2,1-2H3. The Morgan fingerprint density at radius 1 is 1.00 bits per heavy atom. The van der Waals surface area contributed by atoms with E-state index in [4.69, 9.17) is 4.74 Å². The summed E-state index contributed by atoms with van der Waals surface area (Å²) in [6.07, 6.45) is 3.48. The van der Waals surface area contributed by atoms with Crippen molar-refractivity contribution in [3.8, 4) is 11.4 Å². The monoisotopic (exact) mass is 379 g/mol. The number of hydrogen-bond acceptors (Lipinski definition) is 8. The van der Waals surface area contributed by atoms with Crippen molar-refractivity contribution in [2.24, 2.45) is 0 Å². The molecule has 0 radical (unpaired) electrons. The van der Waals surface area contributed by atoms with Crippen LogP contribution in [0.25, 0.3) is 5.69 Å². The molecule has 3 heterocycles. The van der Waals surface area contributed by atoms with Crippen molar-refractivity contribution in [2.45, 2.75) is 6.92 Å². The van der Waals surface area contributed by atoms with E-state index >= 15 is 0 Å². The number of aromatic nitrogens is 5. The fraction of sp³-hybridized carbons (Fsp3) is 0.316. The van der Waals surface area contributed by atoms with E-state index in [9.17, 15) is 4.79 Å². The van der Waals surface area contributed by atoms with Gasteiger partial charge in [0.05, 0.1) is 12.8 Å². The number of rotatable bonds is 5. The minimum atomic E-state index is -0.108. The van der Waals surface area contributed by atoms with Gasteiger partial charge in [0.2, 0.25) is 5.95 Å². The smallest absolute Gasteiger partial charge is 0.225 e. The highest BCUT2D eigenvalue weighted by Gasteiger charge is 2.27. The van der Waals surface area contributed by atoms with Gasteiger partial charge in [-0.3, -0.25) is 4.79 Å². The number of ketones is 1. The molecule has 1 fully saturated rings. The predicted molar refractivity (Wildman–Crippen MR) is 104 cm³/mol. The van der Waals surface area contributed by atoms with Crippen molar-refractivity contribution >= 4 is 17.5 Å². The first-order chi connectivity index (χ1) is 13.7. The molecule has 0 aliphatic carbocycles. The summed E-state index contributed by atoms with van der Waals surface area (Å²) in [6, 6.07) is 9.32. The number of methoxy groups -OCH3 is 1. The molecule has 0 N–H and O–H groups in total. The summed E-state index contributed by atoms with van der Waals surface area (Å²) in [5.74, 6) is 2.08. The Morgan fingerprint density at radius 2 is 1.64 bits per heavy atom. The molecule has 4 rings (SSSR count). The predicted octanol–water partition coefficient (Wildman–Crippen LogP) is 1.60. The van der Waals surface area contributed by atoms with E-state index in [0.717, 1.165) is 30.5 Å². The van der Waals surface area contributed by atoms with Gasteiger partial charge in [-0.2, -0.15) is 4.68 Å². The number of anilines is 2. The number of carbonyl (C=O) groups excluding carboxylic acids is 1. The van der Waals surface area contributed by atoms with Gasteiger partial charge in [-0.25, -0.2) is 9.97 Å². The lowest BCUT2D eigenvalue weighted by Gasteiger charge is -2.35. The third kappa shape index (κ3) is 3.38. The van der Waals surface area contributed by atoms with Crippen molar-refractivity contribution in [2.75, 3.05) is 43.1 Å². The molecule has 28 heavy (non-hydrogen) atoms. The number of piperazine rings is 1. The minimum Gasteiger partial charge on any atom is -0.497 e. The second-order valence-corrected chi connectivity index (χ2v) is 6.45. The van der Waals surface area contributed by atoms with E-state index < -0.39 is 0 Å². The molecule has 1 saturated heterocycles. The molecule has 0 atom stereocenters. The van der Waals surface area contributed by atoms with Crippen LogP contribution in [0.1, 0.15) is 17.4 Å². The Morgan fingerprint density at radius 3 is 2.25 bits per heavy atom. The van der Waals surface area contributed by atoms with Gasteiger partial charge in [-0.05, 0) is 30.3 Å². The molecule has 0 unspecified atom stereocenters. The molecule has 1 aliphatic heterocycles. The average molecular weight is 379 g/mol. The summed E-state index contributed by atoms with van der Waals surface area (Å²) in [6.45, 7) is 4.42. The zero-order chi connectivity index (χ0) is 19.5. The molecular formula is C19H21N7O2. The maximum Gasteiger partial charge on any atom is 0.225 e. The van der Waals surface area contributed by atoms with Gasteiger partial charge in [0.25, 0.3) is 0 Å². The van der Waals surface area contributed by atoms with Crippen LogP contribution < -0.4 is 14.5 Å². The number of ether oxygens (including phenoxy) is 1. The summed E-state index contributed by atoms with van der Waals surface area (Å²) < 4.78 is 6.93. The zero-order valence-electron chi connectivity index (χ0n) is 15.8. The molecule has 9 heteroatoms. The molecule has 144 valence electrons. The molecule has 2 aromatic heterocycles. The Kier molecular flexibility index (Phi) is 4.88. The van der Waals surface area contributed by atoms with Gasteiger partial charge >= 0.3 is 0 Å². The number of Topliss-reactive ketones (excluding diaryl/α,β-unsaturated/α-hetero) is 1. The highest BCUT2D eigenvalue weighted by molar-refractivity contribution is 5.97. The Balaban J connectivity index is 1.61. The molecule has 0 bridgehead atoms. The number of carbonyl (C=O) groups is 1. The third-order valence-electron chi connectivity index (χ3n) is 4.71. The largest absolute Gasteiger partial charge is 0.497 e. The van der Waals surface area contributed by atoms with Crippen LogP contribution in [0.4, 0.5) is 11.8 Å². The van der Waals surface area contributed by atoms with Gasteiger partial charge in [0.15, 0.2) is 17.3 Å². The summed E-state index contributed by atoms with van der Waals surface area (Å²) in [4.78, 5) is 25.1. The lowest BCUT2D eigenvalue weighted by Crippen LogP contribution is -2.48. The van der Waals surface area contributed by atoms with Crippen molar-refractivity contribution in [1.29, 1.82) is 0 Å². The maximum atomic E-state index is 12.1. The fourth-order valence-corrected chi connectivity index (χ4v) is 3.26. The maximum absolute atomic E-state index is 12.1. The molecule has 0 saturated carbocycles. The van der Waals surface area contributed by atoms with Crippen LogP contribution in [0, 0.1) is 0 Å². The van der Waals surface area contributed by atoms with Crippen molar-refractivity contribution in [3.63, 3.8) is 0 Å². The van der Waals surface area contributed by atoms with Crippen LogP contribution in [0.5, 0.6) is 5.75 Å². The Hall–Kier alpha value is -3.49. The first-order valence-corrected chi connectivity index (χ1v) is 9.05. The number of nitrogens with zero attached hydrogens (tertiary/aromatic N) is 7. The average Bonchev–Trinajstić information content (AvgIpc) is 3.20. The van der Waals surface area contributed by atoms with Gasteiger partial charge in [-0.1, -0.05) is 5.21 Å². The second-order valence-electron chi connectivity index (χ2n) is 6.45. The second kappa shape index (κ2) is 7.63. The van der Waals surface area contributed by atoms with E-state index in [1.807, 2.05) is 24.3 Å². The van der Waals surface area contributed by atoms with E-state index in [1.54, 1.807) is 30.3 Å². The third-order valence-corrected chi connectivity index (χ3v) is 4.71. The van der Waals surface area contributed by atoms with Crippen molar-refractivity contribution in [1.82, 2.24) is 25.0 Å². The first-order valence-electron chi connectivity index (χ1n) is 9.05. The van der Waals surface area contributed by atoms with Gasteiger partial charge in [0.1, 0.15) is 5.75 Å². The Bertz CT molecular complexity index is 948. The highest BCUT2D eigenvalue weighted by Crippen LogP contribution is 2.26. The molecule has 1 aliphatic rings. The highest BCUT2D eigenvalue weighted by atomic mass is 16.5. The zero-order valence-corrected chi connectivity index (χ0v) is 15.8. The van der Waals surface area contributed by atoms with E-state index in [-0.39, 0.29) is 5.78 Å². The molecule has 3 aromatic rings. The summed E-state index contributed by atoms with van der Waals surface area (Å²) >= 11 is 0. The summed E-state index contributed by atoms with van der Waals surface area (Å²) in [5, 5.41) is 8.38. The number of benzene rings is 1. The van der Waals surface area contributed by atoms with Crippen LogP contribution in [0.2, 0.25) is 0 Å². The normalized spacial score (nSPS) is 14.2. The first kappa shape index (κ1) is 17.9.